The van der Waals surface area contributed by atoms with Crippen molar-refractivity contribution >= 4 is 11.9 Å². The molecule has 9 heteroatoms. The molecule has 1 aromatic carbocycles. The fraction of sp³-hybridized carbons (Fsp3) is 0.263. The van der Waals surface area contributed by atoms with E-state index in [-0.39, 0.29) is 19.8 Å². The van der Waals surface area contributed by atoms with E-state index in [1.54, 1.807) is 25.1 Å². The Morgan fingerprint density at radius 2 is 2.11 bits per heavy atom. The molecule has 1 aromatic heterocycles. The number of nitrogens with zero attached hydrogens (tertiary/aromatic N) is 2. The second kappa shape index (κ2) is 7.54. The lowest BCUT2D eigenvalue weighted by Gasteiger charge is -2.16. The number of ether oxygens (including phenoxy) is 1. The standard InChI is InChI=1S/C19H17N3O6/c1-10-4-11(5-20)2-3-12(10)7-22-14-9-28-8-13(14)17(25)16(19(22)27)18(26)21-6-15(23)24/h2-4,25H,6-9H2,1H3,(H,21,26)(H,23,24). The number of carbonyl (C=O) groups excluding carboxylic acids is 1. The number of aromatic hydroxyl groups is 1. The minimum atomic E-state index is -1.27. The van der Waals surface area contributed by atoms with E-state index < -0.39 is 35.3 Å². The second-order valence-electron chi connectivity index (χ2n) is 6.36. The van der Waals surface area contributed by atoms with Gasteiger partial charge < -0.3 is 24.8 Å². The smallest absolute Gasteiger partial charge is 0.322 e. The number of fused-ring (bicyclic) bond motifs is 1. The Hall–Kier alpha value is -3.64. The van der Waals surface area contributed by atoms with E-state index in [0.29, 0.717) is 16.8 Å². The first-order valence-electron chi connectivity index (χ1n) is 8.38. The summed E-state index contributed by atoms with van der Waals surface area (Å²) in [5, 5.41) is 30.2. The molecule has 1 aliphatic heterocycles. The highest BCUT2D eigenvalue weighted by Crippen LogP contribution is 2.30. The number of hydrogen-bond acceptors (Lipinski definition) is 6. The number of aliphatic carboxylic acids is 1. The number of hydrogen-bond donors (Lipinski definition) is 3. The van der Waals surface area contributed by atoms with Gasteiger partial charge in [0.25, 0.3) is 11.5 Å². The van der Waals surface area contributed by atoms with E-state index in [1.165, 1.54) is 4.57 Å². The summed E-state index contributed by atoms with van der Waals surface area (Å²) in [6, 6.07) is 7.09. The van der Waals surface area contributed by atoms with Crippen LogP contribution >= 0.6 is 0 Å². The zero-order valence-corrected chi connectivity index (χ0v) is 15.0. The summed E-state index contributed by atoms with van der Waals surface area (Å²) < 4.78 is 6.68. The number of nitriles is 1. The third kappa shape index (κ3) is 3.45. The van der Waals surface area contributed by atoms with Crippen LogP contribution in [0.1, 0.15) is 38.3 Å². The van der Waals surface area contributed by atoms with Crippen LogP contribution in [0.25, 0.3) is 0 Å². The van der Waals surface area contributed by atoms with E-state index in [1.807, 2.05) is 6.07 Å². The van der Waals surface area contributed by atoms with Crippen LogP contribution in [0.15, 0.2) is 23.0 Å². The molecule has 28 heavy (non-hydrogen) atoms. The molecule has 0 saturated heterocycles. The normalized spacial score (nSPS) is 12.3. The number of rotatable bonds is 5. The molecule has 0 saturated carbocycles. The quantitative estimate of drug-likeness (QED) is 0.687. The summed E-state index contributed by atoms with van der Waals surface area (Å²) in [6.07, 6.45) is 0. The summed E-state index contributed by atoms with van der Waals surface area (Å²) in [4.78, 5) is 36.0. The summed E-state index contributed by atoms with van der Waals surface area (Å²) in [5.74, 6) is -2.73. The number of carbonyl (C=O) groups is 2. The minimum Gasteiger partial charge on any atom is -0.506 e. The van der Waals surface area contributed by atoms with Crippen LogP contribution in [0, 0.1) is 18.3 Å². The van der Waals surface area contributed by atoms with Crippen molar-refractivity contribution < 1.29 is 24.5 Å². The van der Waals surface area contributed by atoms with Crippen LogP contribution in [0.3, 0.4) is 0 Å². The molecule has 1 amide bonds. The van der Waals surface area contributed by atoms with Gasteiger partial charge in [-0.1, -0.05) is 6.07 Å². The molecular weight excluding hydrogens is 366 g/mol. The first kappa shape index (κ1) is 19.1. The van der Waals surface area contributed by atoms with Crippen LogP contribution < -0.4 is 10.9 Å². The number of carboxylic acid groups (broad SMARTS) is 1. The van der Waals surface area contributed by atoms with Gasteiger partial charge in [-0.3, -0.25) is 14.4 Å². The molecular formula is C19H17N3O6. The number of nitrogens with one attached hydrogen (secondary N) is 1. The van der Waals surface area contributed by atoms with Crippen LogP contribution in [0.4, 0.5) is 0 Å². The molecule has 0 radical (unpaired) electrons. The van der Waals surface area contributed by atoms with Gasteiger partial charge >= 0.3 is 5.97 Å². The van der Waals surface area contributed by atoms with Crippen molar-refractivity contribution in [2.45, 2.75) is 26.7 Å². The first-order chi connectivity index (χ1) is 13.3. The van der Waals surface area contributed by atoms with Crippen molar-refractivity contribution in [1.82, 2.24) is 9.88 Å². The average molecular weight is 383 g/mol. The van der Waals surface area contributed by atoms with Gasteiger partial charge in [-0.2, -0.15) is 5.26 Å². The van der Waals surface area contributed by atoms with E-state index in [0.717, 1.165) is 11.1 Å². The molecule has 2 heterocycles. The molecule has 1 aliphatic rings. The Labute approximate surface area is 159 Å². The second-order valence-corrected chi connectivity index (χ2v) is 6.36. The van der Waals surface area contributed by atoms with Gasteiger partial charge in [-0.25, -0.2) is 0 Å². The van der Waals surface area contributed by atoms with Crippen LogP contribution in [-0.2, 0) is 29.3 Å². The zero-order chi connectivity index (χ0) is 20.4. The van der Waals surface area contributed by atoms with Crippen LogP contribution in [0.2, 0.25) is 0 Å². The average Bonchev–Trinajstić information content (AvgIpc) is 3.14. The highest BCUT2D eigenvalue weighted by atomic mass is 16.5. The monoisotopic (exact) mass is 383 g/mol. The fourth-order valence-electron chi connectivity index (χ4n) is 3.11. The maximum absolute atomic E-state index is 13.0. The molecule has 0 aliphatic carbocycles. The molecule has 0 atom stereocenters. The molecule has 0 fully saturated rings. The van der Waals surface area contributed by atoms with Crippen molar-refractivity contribution in [3.63, 3.8) is 0 Å². The Bertz CT molecular complexity index is 1080. The van der Waals surface area contributed by atoms with Gasteiger partial charge in [-0.05, 0) is 30.2 Å². The molecule has 3 N–H and O–H groups in total. The summed E-state index contributed by atoms with van der Waals surface area (Å²) in [5.41, 5.74) is 1.57. The Kier molecular flexibility index (Phi) is 5.15. The number of aromatic nitrogens is 1. The maximum atomic E-state index is 13.0. The van der Waals surface area contributed by atoms with Crippen molar-refractivity contribution in [2.75, 3.05) is 6.54 Å². The van der Waals surface area contributed by atoms with E-state index in [9.17, 15) is 19.5 Å². The molecule has 9 nitrogen and oxygen atoms in total. The molecule has 0 unspecified atom stereocenters. The molecule has 2 aromatic rings. The van der Waals surface area contributed by atoms with Gasteiger partial charge in [0.15, 0.2) is 0 Å². The van der Waals surface area contributed by atoms with Gasteiger partial charge in [-0.15, -0.1) is 0 Å². The van der Waals surface area contributed by atoms with Crippen molar-refractivity contribution in [1.29, 1.82) is 5.26 Å². The Morgan fingerprint density at radius 1 is 1.36 bits per heavy atom. The maximum Gasteiger partial charge on any atom is 0.322 e. The predicted octanol–water partition coefficient (Wildman–Crippen LogP) is 0.627. The number of carboxylic acids is 1. The number of benzene rings is 1. The van der Waals surface area contributed by atoms with Crippen molar-refractivity contribution in [2.24, 2.45) is 0 Å². The van der Waals surface area contributed by atoms with Gasteiger partial charge in [0.05, 0.1) is 37.1 Å². The van der Waals surface area contributed by atoms with Crippen molar-refractivity contribution in [3.05, 3.63) is 62.1 Å². The molecule has 0 spiro atoms. The molecule has 3 rings (SSSR count). The van der Waals surface area contributed by atoms with Crippen molar-refractivity contribution in [3.8, 4) is 11.8 Å². The summed E-state index contributed by atoms with van der Waals surface area (Å²) >= 11 is 0. The third-order valence-electron chi connectivity index (χ3n) is 4.57. The Morgan fingerprint density at radius 3 is 2.75 bits per heavy atom. The number of aryl methyl sites for hydroxylation is 1. The lowest BCUT2D eigenvalue weighted by molar-refractivity contribution is -0.135. The molecule has 0 bridgehead atoms. The third-order valence-corrected chi connectivity index (χ3v) is 4.57. The summed E-state index contributed by atoms with van der Waals surface area (Å²) in [7, 11) is 0. The molecule has 144 valence electrons. The number of pyridine rings is 1. The SMILES string of the molecule is Cc1cc(C#N)ccc1Cn1c2c(c(O)c(C(=O)NCC(=O)O)c1=O)COC2. The lowest BCUT2D eigenvalue weighted by Crippen LogP contribution is -2.37. The minimum absolute atomic E-state index is 0.0347. The van der Waals surface area contributed by atoms with Crippen LogP contribution in [0.5, 0.6) is 5.75 Å². The summed E-state index contributed by atoms with van der Waals surface area (Å²) in [6.45, 7) is 1.37. The van der Waals surface area contributed by atoms with E-state index in [2.05, 4.69) is 5.32 Å². The fourth-order valence-corrected chi connectivity index (χ4v) is 3.11. The van der Waals surface area contributed by atoms with E-state index in [4.69, 9.17) is 15.1 Å². The highest BCUT2D eigenvalue weighted by Gasteiger charge is 2.29. The lowest BCUT2D eigenvalue weighted by atomic mass is 10.0. The van der Waals surface area contributed by atoms with Gasteiger partial charge in [0, 0.05) is 5.56 Å². The van der Waals surface area contributed by atoms with Crippen LogP contribution in [-0.4, -0.2) is 33.2 Å². The van der Waals surface area contributed by atoms with E-state index >= 15 is 0 Å². The largest absolute Gasteiger partial charge is 0.506 e. The van der Waals surface area contributed by atoms with Gasteiger partial charge in [0.1, 0.15) is 17.9 Å². The Balaban J connectivity index is 2.09. The highest BCUT2D eigenvalue weighted by molar-refractivity contribution is 5.98. The first-order valence-corrected chi connectivity index (χ1v) is 8.38. The predicted molar refractivity (Wildman–Crippen MR) is 95.8 cm³/mol. The van der Waals surface area contributed by atoms with Gasteiger partial charge in [0.2, 0.25) is 0 Å². The number of amides is 1. The zero-order valence-electron chi connectivity index (χ0n) is 15.0. The topological polar surface area (TPSA) is 142 Å².